The van der Waals surface area contributed by atoms with E-state index in [4.69, 9.17) is 0 Å². The average molecular weight is 491 g/mol. The zero-order valence-corrected chi connectivity index (χ0v) is 21.0. The summed E-state index contributed by atoms with van der Waals surface area (Å²) in [4.78, 5) is 37.9. The van der Waals surface area contributed by atoms with E-state index in [9.17, 15) is 14.9 Å². The molecular weight excluding hydrogens is 464 g/mol. The minimum atomic E-state index is -0.810. The lowest BCUT2D eigenvalue weighted by Gasteiger charge is -2.15. The Morgan fingerprint density at radius 2 is 1.62 bits per heavy atom. The van der Waals surface area contributed by atoms with Crippen LogP contribution in [0.1, 0.15) is 46.1 Å². The predicted molar refractivity (Wildman–Crippen MR) is 142 cm³/mol. The van der Waals surface area contributed by atoms with E-state index in [1.807, 2.05) is 43.3 Å². The lowest BCUT2D eigenvalue weighted by molar-refractivity contribution is 0.0957. The van der Waals surface area contributed by atoms with Gasteiger partial charge in [0.1, 0.15) is 5.69 Å². The maximum Gasteiger partial charge on any atom is 0.269 e. The maximum absolute atomic E-state index is 13.0. The molecule has 4 aromatic rings. The van der Waals surface area contributed by atoms with Crippen LogP contribution in [0.2, 0.25) is 0 Å². The Morgan fingerprint density at radius 3 is 2.38 bits per heavy atom. The second-order valence-corrected chi connectivity index (χ2v) is 9.07. The Hall–Kier alpha value is -4.90. The highest BCUT2D eigenvalue weighted by atomic mass is 16.2. The van der Waals surface area contributed by atoms with Gasteiger partial charge in [-0.25, -0.2) is 0 Å². The summed E-state index contributed by atoms with van der Waals surface area (Å²) in [6, 6.07) is 18.8. The third-order valence-electron chi connectivity index (χ3n) is 6.01. The van der Waals surface area contributed by atoms with Crippen LogP contribution in [-0.4, -0.2) is 33.8 Å². The smallest absolute Gasteiger partial charge is 0.269 e. The number of aromatic nitrogens is 3. The van der Waals surface area contributed by atoms with Crippen molar-refractivity contribution in [2.24, 2.45) is 0 Å². The molecule has 8 nitrogen and oxygen atoms in total. The molecule has 0 bridgehead atoms. The van der Waals surface area contributed by atoms with Crippen LogP contribution in [0.25, 0.3) is 22.3 Å². The molecule has 0 unspecified atom stereocenters. The van der Waals surface area contributed by atoms with Crippen molar-refractivity contribution in [3.05, 3.63) is 95.8 Å². The molecule has 0 aliphatic rings. The number of hydrogen-bond acceptors (Lipinski definition) is 6. The van der Waals surface area contributed by atoms with Crippen molar-refractivity contribution >= 4 is 17.5 Å². The lowest BCUT2D eigenvalue weighted by atomic mass is 9.90. The first-order valence-electron chi connectivity index (χ1n) is 11.7. The van der Waals surface area contributed by atoms with Crippen molar-refractivity contribution in [2.75, 3.05) is 12.4 Å². The predicted octanol–water partition coefficient (Wildman–Crippen LogP) is 4.93. The number of amides is 2. The average Bonchev–Trinajstić information content (AvgIpc) is 2.93. The van der Waals surface area contributed by atoms with Crippen LogP contribution in [0.3, 0.4) is 0 Å². The molecule has 0 saturated carbocycles. The van der Waals surface area contributed by atoms with Gasteiger partial charge in [0.2, 0.25) is 0 Å². The van der Waals surface area contributed by atoms with Gasteiger partial charge in [-0.05, 0) is 73.9 Å². The second kappa shape index (κ2) is 10.4. The highest BCUT2D eigenvalue weighted by molar-refractivity contribution is 6.04. The van der Waals surface area contributed by atoms with Gasteiger partial charge in [-0.3, -0.25) is 24.5 Å². The number of pyridine rings is 3. The summed E-state index contributed by atoms with van der Waals surface area (Å²) in [6.07, 6.45) is 4.75. The zero-order chi connectivity index (χ0) is 26.6. The zero-order valence-electron chi connectivity index (χ0n) is 21.0. The molecule has 8 heteroatoms. The van der Waals surface area contributed by atoms with Crippen molar-refractivity contribution in [3.63, 3.8) is 0 Å². The Balaban J connectivity index is 1.63. The minimum absolute atomic E-state index is 0.251. The van der Waals surface area contributed by atoms with Gasteiger partial charge in [0, 0.05) is 36.3 Å². The van der Waals surface area contributed by atoms with E-state index in [0.717, 1.165) is 27.9 Å². The fourth-order valence-corrected chi connectivity index (χ4v) is 3.80. The van der Waals surface area contributed by atoms with Gasteiger partial charge in [-0.15, -0.1) is 0 Å². The quantitative estimate of drug-likeness (QED) is 0.395. The highest BCUT2D eigenvalue weighted by Crippen LogP contribution is 2.30. The number of rotatable bonds is 6. The van der Waals surface area contributed by atoms with Crippen LogP contribution in [-0.2, 0) is 5.41 Å². The molecule has 2 N–H and O–H groups in total. The van der Waals surface area contributed by atoms with E-state index in [-0.39, 0.29) is 11.8 Å². The van der Waals surface area contributed by atoms with Gasteiger partial charge in [0.25, 0.3) is 11.8 Å². The summed E-state index contributed by atoms with van der Waals surface area (Å²) in [6.45, 7) is 5.42. The van der Waals surface area contributed by atoms with Gasteiger partial charge in [-0.2, -0.15) is 5.26 Å². The van der Waals surface area contributed by atoms with Crippen LogP contribution in [0.4, 0.5) is 5.69 Å². The fourth-order valence-electron chi connectivity index (χ4n) is 3.80. The molecule has 37 heavy (non-hydrogen) atoms. The molecule has 3 aromatic heterocycles. The molecule has 0 saturated heterocycles. The van der Waals surface area contributed by atoms with Gasteiger partial charge >= 0.3 is 0 Å². The Labute approximate surface area is 215 Å². The molecule has 0 spiro atoms. The van der Waals surface area contributed by atoms with E-state index in [2.05, 4.69) is 31.7 Å². The molecule has 3 heterocycles. The van der Waals surface area contributed by atoms with E-state index < -0.39 is 5.41 Å². The van der Waals surface area contributed by atoms with Crippen molar-refractivity contribution in [1.29, 1.82) is 5.26 Å². The first-order chi connectivity index (χ1) is 17.7. The number of nitrogens with one attached hydrogen (secondary N) is 2. The van der Waals surface area contributed by atoms with Crippen molar-refractivity contribution in [2.45, 2.75) is 26.2 Å². The third-order valence-corrected chi connectivity index (χ3v) is 6.01. The summed E-state index contributed by atoms with van der Waals surface area (Å²) >= 11 is 0. The van der Waals surface area contributed by atoms with Crippen molar-refractivity contribution in [3.8, 4) is 28.3 Å². The molecule has 0 fully saturated rings. The lowest BCUT2D eigenvalue weighted by Crippen LogP contribution is -2.19. The third kappa shape index (κ3) is 5.52. The molecule has 0 aliphatic heterocycles. The van der Waals surface area contributed by atoms with E-state index in [1.165, 1.54) is 6.20 Å². The second-order valence-electron chi connectivity index (χ2n) is 9.07. The fraction of sp³-hybridized carbons (Fsp3) is 0.172. The first-order valence-corrected chi connectivity index (χ1v) is 11.7. The Bertz CT molecular complexity index is 1540. The summed E-state index contributed by atoms with van der Waals surface area (Å²) in [5.41, 5.74) is 5.36. The van der Waals surface area contributed by atoms with E-state index >= 15 is 0 Å². The van der Waals surface area contributed by atoms with Gasteiger partial charge in [-0.1, -0.05) is 18.2 Å². The Kier molecular flexibility index (Phi) is 7.07. The molecule has 4 rings (SSSR count). The number of nitriles is 1. The largest absolute Gasteiger partial charge is 0.354 e. The number of nitrogens with zero attached hydrogens (tertiary/aromatic N) is 4. The maximum atomic E-state index is 13.0. The monoisotopic (exact) mass is 490 g/mol. The number of aryl methyl sites for hydroxylation is 1. The first kappa shape index (κ1) is 25.2. The standard InChI is InChI=1S/C29H26N6O2/c1-18-24(21-7-5-6-19(12-21)20-8-10-32-25(13-20)28(37)31-4)15-23(16-34-18)35-27(36)22-9-11-33-26(14-22)29(2,3)17-30/h5-16H,1-4H3,(H,31,37)(H,35,36). The number of hydrogen-bond donors (Lipinski definition) is 2. The van der Waals surface area contributed by atoms with Crippen LogP contribution in [0.5, 0.6) is 0 Å². The molecule has 1 aromatic carbocycles. The van der Waals surface area contributed by atoms with Gasteiger partial charge in [0.15, 0.2) is 0 Å². The molecule has 0 aliphatic carbocycles. The van der Waals surface area contributed by atoms with Crippen LogP contribution in [0, 0.1) is 18.3 Å². The molecule has 2 amide bonds. The number of carbonyl (C=O) groups is 2. The summed E-state index contributed by atoms with van der Waals surface area (Å²) in [5, 5.41) is 14.9. The van der Waals surface area contributed by atoms with E-state index in [0.29, 0.717) is 22.6 Å². The van der Waals surface area contributed by atoms with Gasteiger partial charge < -0.3 is 10.6 Å². The summed E-state index contributed by atoms with van der Waals surface area (Å²) in [5.74, 6) is -0.569. The SMILES string of the molecule is CNC(=O)c1cc(-c2cccc(-c3cc(NC(=O)c4ccnc(C(C)(C)C#N)c4)cnc3C)c2)ccn1. The van der Waals surface area contributed by atoms with Crippen LogP contribution >= 0.6 is 0 Å². The Morgan fingerprint density at radius 1 is 0.892 bits per heavy atom. The molecule has 184 valence electrons. The molecule has 0 radical (unpaired) electrons. The molecule has 0 atom stereocenters. The minimum Gasteiger partial charge on any atom is -0.354 e. The van der Waals surface area contributed by atoms with Crippen molar-refractivity contribution < 1.29 is 9.59 Å². The number of anilines is 1. The topological polar surface area (TPSA) is 121 Å². The van der Waals surface area contributed by atoms with E-state index in [1.54, 1.807) is 51.5 Å². The summed E-state index contributed by atoms with van der Waals surface area (Å²) in [7, 11) is 1.57. The molecular formula is C29H26N6O2. The van der Waals surface area contributed by atoms with Crippen LogP contribution in [0.15, 0.2) is 73.2 Å². The van der Waals surface area contributed by atoms with Gasteiger partial charge in [0.05, 0.1) is 29.1 Å². The number of benzene rings is 1. The van der Waals surface area contributed by atoms with Crippen molar-refractivity contribution in [1.82, 2.24) is 20.3 Å². The normalized spacial score (nSPS) is 10.9. The number of carbonyl (C=O) groups excluding carboxylic acids is 2. The highest BCUT2D eigenvalue weighted by Gasteiger charge is 2.22. The summed E-state index contributed by atoms with van der Waals surface area (Å²) < 4.78 is 0. The van der Waals surface area contributed by atoms with Crippen LogP contribution < -0.4 is 10.6 Å².